The van der Waals surface area contributed by atoms with Crippen LogP contribution >= 0.6 is 77.0 Å². The molecule has 0 N–H and O–H groups in total. The van der Waals surface area contributed by atoms with Crippen LogP contribution in [0.1, 0.15) is 0 Å². The quantitative estimate of drug-likeness (QED) is 0.375. The molecule has 0 radical (unpaired) electrons. The number of hydrogen-bond donors (Lipinski definition) is 0. The van der Waals surface area contributed by atoms with Gasteiger partial charge >= 0.3 is 0 Å². The summed E-state index contributed by atoms with van der Waals surface area (Å²) in [5.41, 5.74) is 0. The first kappa shape index (κ1) is 9.73. The Morgan fingerprint density at radius 1 is 0.900 bits per heavy atom. The second-order valence-electron chi connectivity index (χ2n) is 1.68. The Labute approximate surface area is 104 Å². The van der Waals surface area contributed by atoms with Gasteiger partial charge in [0, 0.05) is 16.1 Å². The van der Waals surface area contributed by atoms with Crippen LogP contribution in [0.15, 0.2) is 21.1 Å². The third kappa shape index (κ3) is 2.31. The summed E-state index contributed by atoms with van der Waals surface area (Å²) in [5.74, 6) is 0. The highest BCUT2D eigenvalue weighted by Gasteiger charge is 2.00. The summed E-state index contributed by atoms with van der Waals surface area (Å²) in [6.45, 7) is 0. The molecule has 0 saturated heterocycles. The lowest BCUT2D eigenvalue weighted by atomic mass is 10.4. The molecule has 4 heteroatoms. The topological polar surface area (TPSA) is 0 Å². The fourth-order valence-electron chi connectivity index (χ4n) is 0.498. The van der Waals surface area contributed by atoms with Crippen LogP contribution in [0, 0.1) is 7.14 Å². The van der Waals surface area contributed by atoms with E-state index in [1.54, 1.807) is 0 Å². The Balaban J connectivity index is 3.28. The standard InChI is InChI=1S/C6H2Br2I2/c7-3-1-5(9)4(8)2-6(3)10/h1-2H. The molecule has 0 aliphatic heterocycles. The molecule has 0 nitrogen and oxygen atoms in total. The van der Waals surface area contributed by atoms with Crippen molar-refractivity contribution in [2.24, 2.45) is 0 Å². The number of benzene rings is 1. The maximum atomic E-state index is 3.45. The van der Waals surface area contributed by atoms with Crippen molar-refractivity contribution in [1.82, 2.24) is 0 Å². The summed E-state index contributed by atoms with van der Waals surface area (Å²) in [4.78, 5) is 0. The number of rotatable bonds is 0. The summed E-state index contributed by atoms with van der Waals surface area (Å²) >= 11 is 11.5. The molecule has 0 fully saturated rings. The zero-order chi connectivity index (χ0) is 7.72. The number of hydrogen-bond acceptors (Lipinski definition) is 0. The average molecular weight is 488 g/mol. The third-order valence-corrected chi connectivity index (χ3v) is 5.54. The minimum absolute atomic E-state index is 1.15. The Bertz CT molecular complexity index is 210. The monoisotopic (exact) mass is 486 g/mol. The summed E-state index contributed by atoms with van der Waals surface area (Å²) in [7, 11) is 0. The van der Waals surface area contributed by atoms with Crippen LogP contribution in [-0.4, -0.2) is 0 Å². The van der Waals surface area contributed by atoms with Gasteiger partial charge in [-0.3, -0.25) is 0 Å². The van der Waals surface area contributed by atoms with Crippen molar-refractivity contribution >= 4 is 77.0 Å². The maximum Gasteiger partial charge on any atom is 0.0320 e. The molecule has 0 saturated carbocycles. The van der Waals surface area contributed by atoms with Crippen molar-refractivity contribution in [3.63, 3.8) is 0 Å². The van der Waals surface area contributed by atoms with Gasteiger partial charge in [0.15, 0.2) is 0 Å². The van der Waals surface area contributed by atoms with Crippen molar-refractivity contribution in [3.05, 3.63) is 28.2 Å². The minimum atomic E-state index is 1.15. The number of halogens is 4. The molecule has 10 heavy (non-hydrogen) atoms. The first-order chi connectivity index (χ1) is 4.61. The summed E-state index contributed by atoms with van der Waals surface area (Å²) in [5, 5.41) is 0. The normalized spacial score (nSPS) is 10.0. The molecule has 0 aromatic heterocycles. The molecule has 1 aromatic carbocycles. The lowest BCUT2D eigenvalue weighted by Crippen LogP contribution is -1.78. The van der Waals surface area contributed by atoms with Gasteiger partial charge in [0.2, 0.25) is 0 Å². The van der Waals surface area contributed by atoms with Crippen LogP contribution in [0.25, 0.3) is 0 Å². The lowest BCUT2D eigenvalue weighted by Gasteiger charge is -1.98. The fraction of sp³-hybridized carbons (Fsp3) is 0. The van der Waals surface area contributed by atoms with E-state index in [1.165, 1.54) is 7.14 Å². The molecule has 0 atom stereocenters. The van der Waals surface area contributed by atoms with E-state index in [9.17, 15) is 0 Å². The van der Waals surface area contributed by atoms with Crippen molar-refractivity contribution in [3.8, 4) is 0 Å². The van der Waals surface area contributed by atoms with E-state index < -0.39 is 0 Å². The molecule has 54 valence electrons. The zero-order valence-electron chi connectivity index (χ0n) is 4.67. The van der Waals surface area contributed by atoms with E-state index >= 15 is 0 Å². The van der Waals surface area contributed by atoms with E-state index in [4.69, 9.17) is 0 Å². The van der Waals surface area contributed by atoms with E-state index in [1.807, 2.05) is 0 Å². The first-order valence-corrected chi connectivity index (χ1v) is 6.15. The molecule has 0 aliphatic carbocycles. The van der Waals surface area contributed by atoms with Crippen molar-refractivity contribution in [2.75, 3.05) is 0 Å². The van der Waals surface area contributed by atoms with Gasteiger partial charge in [-0.2, -0.15) is 0 Å². The SMILES string of the molecule is Brc1cc(I)c(Br)cc1I. The zero-order valence-corrected chi connectivity index (χ0v) is 12.2. The predicted molar refractivity (Wildman–Crippen MR) is 67.3 cm³/mol. The van der Waals surface area contributed by atoms with E-state index in [-0.39, 0.29) is 0 Å². The minimum Gasteiger partial charge on any atom is -0.0496 e. The predicted octanol–water partition coefficient (Wildman–Crippen LogP) is 4.42. The van der Waals surface area contributed by atoms with Crippen LogP contribution in [0.5, 0.6) is 0 Å². The second kappa shape index (κ2) is 4.04. The Morgan fingerprint density at radius 3 is 1.50 bits per heavy atom. The van der Waals surface area contributed by atoms with E-state index in [0.717, 1.165) is 8.95 Å². The highest BCUT2D eigenvalue weighted by Crippen LogP contribution is 2.27. The lowest BCUT2D eigenvalue weighted by molar-refractivity contribution is 1.50. The van der Waals surface area contributed by atoms with Crippen LogP contribution in [-0.2, 0) is 0 Å². The van der Waals surface area contributed by atoms with Crippen molar-refractivity contribution in [2.45, 2.75) is 0 Å². The van der Waals surface area contributed by atoms with Gasteiger partial charge in [0.1, 0.15) is 0 Å². The highest BCUT2D eigenvalue weighted by atomic mass is 127. The maximum absolute atomic E-state index is 3.45. The van der Waals surface area contributed by atoms with Crippen LogP contribution in [0.3, 0.4) is 0 Å². The molecule has 1 aromatic rings. The van der Waals surface area contributed by atoms with Gasteiger partial charge in [0.05, 0.1) is 0 Å². The smallest absolute Gasteiger partial charge is 0.0320 e. The molecule has 1 rings (SSSR count). The molecule has 0 heterocycles. The highest BCUT2D eigenvalue weighted by molar-refractivity contribution is 14.1. The second-order valence-corrected chi connectivity index (χ2v) is 5.71. The summed E-state index contributed by atoms with van der Waals surface area (Å²) in [6, 6.07) is 4.18. The largest absolute Gasteiger partial charge is 0.0496 e. The molecule has 0 spiro atoms. The summed E-state index contributed by atoms with van der Waals surface area (Å²) < 4.78 is 4.76. The van der Waals surface area contributed by atoms with Gasteiger partial charge in [0.25, 0.3) is 0 Å². The van der Waals surface area contributed by atoms with Gasteiger partial charge < -0.3 is 0 Å². The molecular weight excluding hydrogens is 486 g/mol. The Hall–Kier alpha value is 1.64. The first-order valence-electron chi connectivity index (χ1n) is 2.41. The van der Waals surface area contributed by atoms with E-state index in [2.05, 4.69) is 89.2 Å². The molecule has 0 amide bonds. The Morgan fingerprint density at radius 2 is 1.20 bits per heavy atom. The van der Waals surface area contributed by atoms with E-state index in [0.29, 0.717) is 0 Å². The van der Waals surface area contributed by atoms with Gasteiger partial charge in [-0.15, -0.1) is 0 Å². The van der Waals surface area contributed by atoms with Crippen molar-refractivity contribution < 1.29 is 0 Å². The molecular formula is C6H2Br2I2. The molecule has 0 bridgehead atoms. The van der Waals surface area contributed by atoms with Gasteiger partial charge in [-0.1, -0.05) is 0 Å². The molecule has 0 unspecified atom stereocenters. The van der Waals surface area contributed by atoms with Crippen LogP contribution < -0.4 is 0 Å². The van der Waals surface area contributed by atoms with Gasteiger partial charge in [-0.05, 0) is 89.2 Å². The van der Waals surface area contributed by atoms with Crippen LogP contribution in [0.4, 0.5) is 0 Å². The third-order valence-electron chi connectivity index (χ3n) is 0.963. The summed E-state index contributed by atoms with van der Waals surface area (Å²) in [6.07, 6.45) is 0. The van der Waals surface area contributed by atoms with Gasteiger partial charge in [-0.25, -0.2) is 0 Å². The fourth-order valence-corrected chi connectivity index (χ4v) is 2.98. The van der Waals surface area contributed by atoms with Crippen LogP contribution in [0.2, 0.25) is 0 Å². The average Bonchev–Trinajstić information content (AvgIpc) is 1.84. The Kier molecular flexibility index (Phi) is 3.93. The molecule has 0 aliphatic rings. The van der Waals surface area contributed by atoms with Crippen molar-refractivity contribution in [1.29, 1.82) is 0 Å².